The standard InChI is InChI=1S/C14H19NO2/c1-3-4-8-15-13-7-9-17-14-6-5-11(16-2)10-12(13)14/h3,5-6,10,13,15H,1,4,7-9H2,2H3. The Labute approximate surface area is 102 Å². The van der Waals surface area contributed by atoms with Crippen LogP contribution in [0.5, 0.6) is 11.5 Å². The quantitative estimate of drug-likeness (QED) is 0.626. The summed E-state index contributed by atoms with van der Waals surface area (Å²) in [6.07, 6.45) is 3.91. The molecule has 0 fully saturated rings. The van der Waals surface area contributed by atoms with Gasteiger partial charge in [-0.2, -0.15) is 0 Å². The average Bonchev–Trinajstić information content (AvgIpc) is 2.39. The first-order valence-corrected chi connectivity index (χ1v) is 6.00. The van der Waals surface area contributed by atoms with Gasteiger partial charge in [0, 0.05) is 18.0 Å². The highest BCUT2D eigenvalue weighted by atomic mass is 16.5. The van der Waals surface area contributed by atoms with Gasteiger partial charge >= 0.3 is 0 Å². The number of hydrogen-bond acceptors (Lipinski definition) is 3. The van der Waals surface area contributed by atoms with Crippen molar-refractivity contribution in [2.45, 2.75) is 18.9 Å². The highest BCUT2D eigenvalue weighted by molar-refractivity contribution is 5.43. The molecule has 0 aliphatic carbocycles. The lowest BCUT2D eigenvalue weighted by Gasteiger charge is -2.27. The zero-order valence-electron chi connectivity index (χ0n) is 10.2. The Bertz CT molecular complexity index is 390. The molecule has 0 saturated heterocycles. The van der Waals surface area contributed by atoms with Crippen LogP contribution in [-0.4, -0.2) is 20.3 Å². The summed E-state index contributed by atoms with van der Waals surface area (Å²) in [5.74, 6) is 1.85. The van der Waals surface area contributed by atoms with E-state index in [0.717, 1.165) is 37.5 Å². The van der Waals surface area contributed by atoms with Crippen LogP contribution >= 0.6 is 0 Å². The number of benzene rings is 1. The lowest BCUT2D eigenvalue weighted by Crippen LogP contribution is -2.27. The summed E-state index contributed by atoms with van der Waals surface area (Å²) in [5.41, 5.74) is 1.19. The van der Waals surface area contributed by atoms with Gasteiger partial charge in [-0.15, -0.1) is 6.58 Å². The van der Waals surface area contributed by atoms with E-state index in [1.807, 2.05) is 18.2 Å². The monoisotopic (exact) mass is 233 g/mol. The summed E-state index contributed by atoms with van der Waals surface area (Å²) in [4.78, 5) is 0. The zero-order valence-corrected chi connectivity index (χ0v) is 10.2. The van der Waals surface area contributed by atoms with E-state index in [9.17, 15) is 0 Å². The number of methoxy groups -OCH3 is 1. The van der Waals surface area contributed by atoms with E-state index in [1.165, 1.54) is 5.56 Å². The van der Waals surface area contributed by atoms with E-state index >= 15 is 0 Å². The molecule has 3 nitrogen and oxygen atoms in total. The van der Waals surface area contributed by atoms with Gasteiger partial charge in [-0.1, -0.05) is 6.08 Å². The second-order valence-electron chi connectivity index (χ2n) is 4.12. The number of nitrogens with one attached hydrogen (secondary N) is 1. The van der Waals surface area contributed by atoms with Gasteiger partial charge in [0.1, 0.15) is 11.5 Å². The Kier molecular flexibility index (Phi) is 4.04. The van der Waals surface area contributed by atoms with Crippen LogP contribution < -0.4 is 14.8 Å². The summed E-state index contributed by atoms with van der Waals surface area (Å²) < 4.78 is 10.9. The lowest BCUT2D eigenvalue weighted by molar-refractivity contribution is 0.252. The third kappa shape index (κ3) is 2.80. The van der Waals surface area contributed by atoms with Crippen LogP contribution in [0.25, 0.3) is 0 Å². The van der Waals surface area contributed by atoms with Crippen molar-refractivity contribution in [1.82, 2.24) is 5.32 Å². The van der Waals surface area contributed by atoms with Crippen LogP contribution in [0.4, 0.5) is 0 Å². The molecule has 92 valence electrons. The molecule has 1 atom stereocenters. The molecule has 1 heterocycles. The molecule has 0 aromatic heterocycles. The van der Waals surface area contributed by atoms with Gasteiger partial charge < -0.3 is 14.8 Å². The highest BCUT2D eigenvalue weighted by Gasteiger charge is 2.21. The largest absolute Gasteiger partial charge is 0.497 e. The van der Waals surface area contributed by atoms with Crippen molar-refractivity contribution in [3.05, 3.63) is 36.4 Å². The molecule has 0 bridgehead atoms. The maximum absolute atomic E-state index is 5.64. The predicted molar refractivity (Wildman–Crippen MR) is 68.7 cm³/mol. The number of ether oxygens (including phenoxy) is 2. The molecule has 1 aromatic carbocycles. The molecule has 17 heavy (non-hydrogen) atoms. The lowest BCUT2D eigenvalue weighted by atomic mass is 10.00. The van der Waals surface area contributed by atoms with Gasteiger partial charge in [-0.05, 0) is 31.2 Å². The van der Waals surface area contributed by atoms with Gasteiger partial charge in [-0.25, -0.2) is 0 Å². The second kappa shape index (κ2) is 5.73. The van der Waals surface area contributed by atoms with Crippen molar-refractivity contribution in [3.8, 4) is 11.5 Å². The van der Waals surface area contributed by atoms with Crippen molar-refractivity contribution in [2.75, 3.05) is 20.3 Å². The minimum absolute atomic E-state index is 0.355. The first kappa shape index (κ1) is 12.0. The second-order valence-corrected chi connectivity index (χ2v) is 4.12. The van der Waals surface area contributed by atoms with Crippen LogP contribution in [0.1, 0.15) is 24.4 Å². The first-order chi connectivity index (χ1) is 8.35. The predicted octanol–water partition coefficient (Wildman–Crippen LogP) is 2.68. The molecule has 0 amide bonds. The number of fused-ring (bicyclic) bond motifs is 1. The van der Waals surface area contributed by atoms with Gasteiger partial charge in [0.05, 0.1) is 13.7 Å². The van der Waals surface area contributed by atoms with Crippen molar-refractivity contribution in [2.24, 2.45) is 0 Å². The third-order valence-corrected chi connectivity index (χ3v) is 3.00. The molecular weight excluding hydrogens is 214 g/mol. The number of rotatable bonds is 5. The van der Waals surface area contributed by atoms with E-state index in [1.54, 1.807) is 7.11 Å². The van der Waals surface area contributed by atoms with Crippen LogP contribution in [0.2, 0.25) is 0 Å². The maximum Gasteiger partial charge on any atom is 0.124 e. The maximum atomic E-state index is 5.64. The minimum atomic E-state index is 0.355. The summed E-state index contributed by atoms with van der Waals surface area (Å²) >= 11 is 0. The smallest absolute Gasteiger partial charge is 0.124 e. The van der Waals surface area contributed by atoms with E-state index in [0.29, 0.717) is 6.04 Å². The van der Waals surface area contributed by atoms with Crippen LogP contribution in [-0.2, 0) is 0 Å². The van der Waals surface area contributed by atoms with Gasteiger partial charge in [-0.3, -0.25) is 0 Å². The molecule has 2 rings (SSSR count). The fourth-order valence-corrected chi connectivity index (χ4v) is 2.07. The molecule has 1 unspecified atom stereocenters. The minimum Gasteiger partial charge on any atom is -0.497 e. The summed E-state index contributed by atoms with van der Waals surface area (Å²) in [6.45, 7) is 5.45. The topological polar surface area (TPSA) is 30.5 Å². The van der Waals surface area contributed by atoms with Gasteiger partial charge in [0.2, 0.25) is 0 Å². The van der Waals surface area contributed by atoms with Crippen molar-refractivity contribution in [1.29, 1.82) is 0 Å². The van der Waals surface area contributed by atoms with Crippen molar-refractivity contribution in [3.63, 3.8) is 0 Å². The molecule has 1 aliphatic heterocycles. The average molecular weight is 233 g/mol. The highest BCUT2D eigenvalue weighted by Crippen LogP contribution is 2.34. The fourth-order valence-electron chi connectivity index (χ4n) is 2.07. The van der Waals surface area contributed by atoms with E-state index < -0.39 is 0 Å². The normalized spacial score (nSPS) is 18.1. The summed E-state index contributed by atoms with van der Waals surface area (Å²) in [7, 11) is 1.69. The Hall–Kier alpha value is -1.48. The van der Waals surface area contributed by atoms with E-state index in [2.05, 4.69) is 18.0 Å². The zero-order chi connectivity index (χ0) is 12.1. The number of hydrogen-bond donors (Lipinski definition) is 1. The Morgan fingerprint density at radius 3 is 3.24 bits per heavy atom. The third-order valence-electron chi connectivity index (χ3n) is 3.00. The van der Waals surface area contributed by atoms with Gasteiger partial charge in [0.25, 0.3) is 0 Å². The Balaban J connectivity index is 2.13. The van der Waals surface area contributed by atoms with Crippen LogP contribution in [0.15, 0.2) is 30.9 Å². The molecule has 1 aromatic rings. The fraction of sp³-hybridized carbons (Fsp3) is 0.429. The first-order valence-electron chi connectivity index (χ1n) is 6.00. The van der Waals surface area contributed by atoms with Gasteiger partial charge in [0.15, 0.2) is 0 Å². The molecule has 0 saturated carbocycles. The molecule has 0 radical (unpaired) electrons. The Morgan fingerprint density at radius 1 is 1.59 bits per heavy atom. The summed E-state index contributed by atoms with van der Waals surface area (Å²) in [5, 5.41) is 3.52. The molecular formula is C14H19NO2. The van der Waals surface area contributed by atoms with E-state index in [-0.39, 0.29) is 0 Å². The molecule has 1 aliphatic rings. The van der Waals surface area contributed by atoms with Crippen molar-refractivity contribution >= 4 is 0 Å². The van der Waals surface area contributed by atoms with Crippen LogP contribution in [0, 0.1) is 0 Å². The SMILES string of the molecule is C=CCCNC1CCOc2ccc(OC)cc21. The Morgan fingerprint density at radius 2 is 2.47 bits per heavy atom. The summed E-state index contributed by atoms with van der Waals surface area (Å²) in [6, 6.07) is 6.33. The van der Waals surface area contributed by atoms with Crippen LogP contribution in [0.3, 0.4) is 0 Å². The van der Waals surface area contributed by atoms with Crippen molar-refractivity contribution < 1.29 is 9.47 Å². The molecule has 3 heteroatoms. The molecule has 0 spiro atoms. The van der Waals surface area contributed by atoms with E-state index in [4.69, 9.17) is 9.47 Å². The molecule has 1 N–H and O–H groups in total.